The number of aldehydes is 1. The molecule has 0 saturated carbocycles. The minimum Gasteiger partial charge on any atom is -0.504 e. The standard InChI is InChI=1S/C8H10N2O2.C8H10N2O.C8H12N2.C7H10N2O.C7H13N.C5H10.C4H9N.C3H5Br/c1-3-4-10-5-8(12-6-11)7(2)9-10;1-3-4-10-5-8(6-11)7(2)9-10;1-4-5-10-6-7(2)8(3)9-10;1-3-4-9-5-7(10)6(2)8-9;1-4-5-6-8-7(2)3;1-3-5-4-2;1-2-3-4-5;1-2-3-4/h3,5-6H,1,4H2,2H3;3,5-6H,1,4H2,2H3;4,6H,1,5H2,2-3H3;3,5,10H,1,4H2,2H3;4H,1,5-6H2,2-3H3;3H,1,4-5H2,2H3;2H,1,3-5H2;2H,1,3H2. The molecule has 360 valence electrons. The molecule has 3 N–H and O–H groups in total. The zero-order valence-electron chi connectivity index (χ0n) is 40.7. The van der Waals surface area contributed by atoms with E-state index in [4.69, 9.17) is 10.8 Å². The molecule has 4 rings (SSSR count). The van der Waals surface area contributed by atoms with Gasteiger partial charge in [-0.2, -0.15) is 20.4 Å². The van der Waals surface area contributed by atoms with Gasteiger partial charge in [0.1, 0.15) is 11.4 Å². The Morgan fingerprint density at radius 2 is 1.11 bits per heavy atom. The number of nitrogens with zero attached hydrogens (tertiary/aromatic N) is 9. The average molecular weight is 964 g/mol. The third kappa shape index (κ3) is 38.0. The number of aliphatic imine (C=N–C) groups is 1. The van der Waals surface area contributed by atoms with E-state index < -0.39 is 0 Å². The molecule has 0 saturated heterocycles. The molecular formula is C50H79BrN10O4. The third-order valence-electron chi connectivity index (χ3n) is 7.30. The normalized spacial score (nSPS) is 8.89. The van der Waals surface area contributed by atoms with Gasteiger partial charge in [-0.3, -0.25) is 33.3 Å². The molecule has 14 nitrogen and oxygen atoms in total. The van der Waals surface area contributed by atoms with Crippen LogP contribution in [0.15, 0.2) is 131 Å². The number of hydrogen-bond donors (Lipinski definition) is 2. The highest BCUT2D eigenvalue weighted by atomic mass is 79.9. The van der Waals surface area contributed by atoms with Gasteiger partial charge in [-0.1, -0.05) is 77.9 Å². The fourth-order valence-electron chi connectivity index (χ4n) is 4.05. The minimum atomic E-state index is 0.238. The smallest absolute Gasteiger partial charge is 0.298 e. The first-order chi connectivity index (χ1) is 31.0. The van der Waals surface area contributed by atoms with Crippen molar-refractivity contribution in [3.8, 4) is 11.5 Å². The molecule has 0 fully saturated rings. The summed E-state index contributed by atoms with van der Waals surface area (Å²) in [5.41, 5.74) is 11.3. The van der Waals surface area contributed by atoms with Crippen molar-refractivity contribution in [2.24, 2.45) is 10.7 Å². The van der Waals surface area contributed by atoms with Gasteiger partial charge in [-0.25, -0.2) is 0 Å². The van der Waals surface area contributed by atoms with Gasteiger partial charge in [0.2, 0.25) is 0 Å². The van der Waals surface area contributed by atoms with Gasteiger partial charge in [0.15, 0.2) is 17.8 Å². The second-order valence-corrected chi connectivity index (χ2v) is 14.1. The lowest BCUT2D eigenvalue weighted by molar-refractivity contribution is -0.120. The fraction of sp³-hybridized carbons (Fsp3) is 0.380. The molecular weight excluding hydrogens is 885 g/mol. The number of alkyl halides is 1. The van der Waals surface area contributed by atoms with Crippen LogP contribution in [0, 0.1) is 34.6 Å². The number of allylic oxidation sites excluding steroid dienone is 6. The predicted molar refractivity (Wildman–Crippen MR) is 279 cm³/mol. The molecule has 4 heterocycles. The van der Waals surface area contributed by atoms with Gasteiger partial charge in [0.05, 0.1) is 55.5 Å². The summed E-state index contributed by atoms with van der Waals surface area (Å²) in [5, 5.41) is 26.4. The Balaban J connectivity index is -0.000000335. The molecule has 0 spiro atoms. The van der Waals surface area contributed by atoms with Gasteiger partial charge in [0.25, 0.3) is 6.47 Å². The summed E-state index contributed by atoms with van der Waals surface area (Å²) in [6.07, 6.45) is 26.5. The number of halogens is 1. The van der Waals surface area contributed by atoms with E-state index in [0.29, 0.717) is 48.8 Å². The molecule has 0 atom stereocenters. The molecule has 0 aliphatic heterocycles. The highest BCUT2D eigenvalue weighted by Crippen LogP contribution is 2.14. The summed E-state index contributed by atoms with van der Waals surface area (Å²) in [7, 11) is 0. The number of aromatic hydroxyl groups is 1. The van der Waals surface area contributed by atoms with E-state index in [1.165, 1.54) is 12.0 Å². The SMILES string of the molecule is C=CCBr.C=CCCC.C=CCCN.C=CCCN=C(C)C.C=CCn1cc(C)c(C)n1.C=CCn1cc(C=O)c(C)n1.C=CCn1cc(O)c(C)n1.C=CCn1cc(OC=O)c(C)n1. The maximum atomic E-state index is 10.4. The first kappa shape index (κ1) is 65.4. The molecule has 0 unspecified atom stereocenters. The fourth-order valence-corrected chi connectivity index (χ4v) is 4.05. The Morgan fingerprint density at radius 3 is 1.42 bits per heavy atom. The maximum absolute atomic E-state index is 10.4. The number of aromatic nitrogens is 8. The van der Waals surface area contributed by atoms with E-state index in [1.54, 1.807) is 76.9 Å². The van der Waals surface area contributed by atoms with Crippen LogP contribution in [0.3, 0.4) is 0 Å². The minimum absolute atomic E-state index is 0.238. The van der Waals surface area contributed by atoms with Gasteiger partial charge in [-0.15, -0.1) is 52.6 Å². The number of carbonyl (C=O) groups is 2. The Bertz CT molecular complexity index is 1840. The Morgan fingerprint density at radius 1 is 0.662 bits per heavy atom. The van der Waals surface area contributed by atoms with Crippen molar-refractivity contribution >= 4 is 34.4 Å². The number of ether oxygens (including phenoxy) is 1. The summed E-state index contributed by atoms with van der Waals surface area (Å²) >= 11 is 3.13. The lowest BCUT2D eigenvalue weighted by Crippen LogP contribution is -1.94. The predicted octanol–water partition coefficient (Wildman–Crippen LogP) is 11.0. The van der Waals surface area contributed by atoms with Crippen LogP contribution in [0.5, 0.6) is 11.5 Å². The first-order valence-electron chi connectivity index (χ1n) is 21.0. The molecule has 15 heteroatoms. The van der Waals surface area contributed by atoms with Crippen LogP contribution in [0.25, 0.3) is 0 Å². The number of nitrogens with two attached hydrogens (primary N) is 1. The topological polar surface area (TPSA) is 173 Å². The van der Waals surface area contributed by atoms with Gasteiger partial charge >= 0.3 is 0 Å². The summed E-state index contributed by atoms with van der Waals surface area (Å²) in [6, 6.07) is 0. The zero-order valence-corrected chi connectivity index (χ0v) is 42.3. The third-order valence-corrected chi connectivity index (χ3v) is 7.76. The highest BCUT2D eigenvalue weighted by molar-refractivity contribution is 9.09. The summed E-state index contributed by atoms with van der Waals surface area (Å²) in [5.74, 6) is 0.730. The summed E-state index contributed by atoms with van der Waals surface area (Å²) in [4.78, 5) is 24.5. The number of carbonyl (C=O) groups excluding carboxylic acids is 2. The van der Waals surface area contributed by atoms with Crippen LogP contribution in [0.2, 0.25) is 0 Å². The van der Waals surface area contributed by atoms with E-state index in [1.807, 2.05) is 56.8 Å². The summed E-state index contributed by atoms with van der Waals surface area (Å²) in [6.45, 7) is 48.6. The van der Waals surface area contributed by atoms with Crippen LogP contribution in [-0.4, -0.2) is 81.1 Å². The van der Waals surface area contributed by atoms with Gasteiger partial charge in [-0.05, 0) is 79.8 Å². The van der Waals surface area contributed by atoms with E-state index in [-0.39, 0.29) is 5.75 Å². The molecule has 4 aromatic rings. The lowest BCUT2D eigenvalue weighted by atomic mass is 10.3. The quantitative estimate of drug-likeness (QED) is 0.0305. The number of hydrogen-bond acceptors (Lipinski definition) is 10. The van der Waals surface area contributed by atoms with E-state index in [9.17, 15) is 9.59 Å². The van der Waals surface area contributed by atoms with Crippen molar-refractivity contribution in [3.05, 3.63) is 160 Å². The van der Waals surface area contributed by atoms with Crippen molar-refractivity contribution in [1.29, 1.82) is 0 Å². The van der Waals surface area contributed by atoms with Crippen molar-refractivity contribution in [1.82, 2.24) is 39.1 Å². The Hall–Kier alpha value is -6.19. The van der Waals surface area contributed by atoms with Crippen molar-refractivity contribution in [3.63, 3.8) is 0 Å². The van der Waals surface area contributed by atoms with Crippen LogP contribution in [0.4, 0.5) is 0 Å². The molecule has 0 bridgehead atoms. The van der Waals surface area contributed by atoms with Crippen molar-refractivity contribution in [2.75, 3.05) is 18.4 Å². The lowest BCUT2D eigenvalue weighted by Gasteiger charge is -1.91. The molecule has 0 amide bonds. The van der Waals surface area contributed by atoms with Crippen molar-refractivity contribution < 1.29 is 19.4 Å². The number of rotatable bonds is 19. The van der Waals surface area contributed by atoms with Gasteiger partial charge < -0.3 is 15.6 Å². The van der Waals surface area contributed by atoms with Crippen LogP contribution in [-0.2, 0) is 31.0 Å². The monoisotopic (exact) mass is 963 g/mol. The van der Waals surface area contributed by atoms with E-state index in [0.717, 1.165) is 67.6 Å². The second kappa shape index (κ2) is 45.8. The average Bonchev–Trinajstić information content (AvgIpc) is 4.01. The number of aryl methyl sites for hydroxylation is 5. The zero-order chi connectivity index (χ0) is 50.4. The van der Waals surface area contributed by atoms with Gasteiger partial charge in [0, 0.05) is 30.0 Å². The summed E-state index contributed by atoms with van der Waals surface area (Å²) < 4.78 is 11.5. The maximum Gasteiger partial charge on any atom is 0.298 e. The molecule has 0 aromatic carbocycles. The molecule has 0 aliphatic rings. The van der Waals surface area contributed by atoms with Crippen molar-refractivity contribution in [2.45, 2.75) is 107 Å². The van der Waals surface area contributed by atoms with Crippen LogP contribution < -0.4 is 10.5 Å². The molecule has 0 aliphatic carbocycles. The molecule has 0 radical (unpaired) electrons. The second-order valence-electron chi connectivity index (χ2n) is 13.4. The van der Waals surface area contributed by atoms with E-state index in [2.05, 4.69) is 113 Å². The first-order valence-corrected chi connectivity index (χ1v) is 22.1. The Kier molecular flexibility index (Phi) is 46.1. The highest BCUT2D eigenvalue weighted by Gasteiger charge is 2.04. The molecule has 4 aromatic heterocycles. The Labute approximate surface area is 399 Å². The van der Waals surface area contributed by atoms with E-state index >= 15 is 0 Å². The largest absolute Gasteiger partial charge is 0.504 e. The number of unbranched alkanes of at least 4 members (excludes halogenated alkanes) is 1. The van der Waals surface area contributed by atoms with Crippen LogP contribution >= 0.6 is 15.9 Å². The molecule has 65 heavy (non-hydrogen) atoms. The van der Waals surface area contributed by atoms with Crippen LogP contribution in [0.1, 0.15) is 85.2 Å².